The zero-order chi connectivity index (χ0) is 17.6. The number of nitrogens with one attached hydrogen (secondary N) is 1. The number of aromatic nitrogens is 4. The number of nitrogens with zero attached hydrogens (tertiary/aromatic N) is 5. The normalized spacial score (nSPS) is 26.5. The van der Waals surface area contributed by atoms with Crippen molar-refractivity contribution in [3.63, 3.8) is 0 Å². The van der Waals surface area contributed by atoms with Gasteiger partial charge < -0.3 is 9.64 Å². The minimum Gasteiger partial charge on any atom is -0.376 e. The SMILES string of the molecule is CCS(=O)(=O)NC[C@H]1CO[C@H]2CN(c3cc(C)nc4ncnn34)C[C@@H]12. The van der Waals surface area contributed by atoms with Crippen molar-refractivity contribution in [2.75, 3.05) is 36.9 Å². The van der Waals surface area contributed by atoms with E-state index in [-0.39, 0.29) is 17.8 Å². The lowest BCUT2D eigenvalue weighted by Crippen LogP contribution is -2.35. The first kappa shape index (κ1) is 16.7. The second-order valence-corrected chi connectivity index (χ2v) is 8.78. The number of aryl methyl sites for hydroxylation is 1. The summed E-state index contributed by atoms with van der Waals surface area (Å²) in [5, 5.41) is 4.27. The van der Waals surface area contributed by atoms with Crippen LogP contribution in [0.15, 0.2) is 12.4 Å². The molecule has 0 spiro atoms. The van der Waals surface area contributed by atoms with E-state index >= 15 is 0 Å². The number of rotatable bonds is 5. The van der Waals surface area contributed by atoms with Crippen molar-refractivity contribution in [1.82, 2.24) is 24.3 Å². The Morgan fingerprint density at radius 2 is 2.24 bits per heavy atom. The molecule has 0 aliphatic carbocycles. The summed E-state index contributed by atoms with van der Waals surface area (Å²) in [5.74, 6) is 2.12. The predicted molar refractivity (Wildman–Crippen MR) is 91.9 cm³/mol. The first-order valence-corrected chi connectivity index (χ1v) is 10.1. The molecule has 2 aliphatic rings. The Morgan fingerprint density at radius 3 is 3.04 bits per heavy atom. The fourth-order valence-corrected chi connectivity index (χ4v) is 4.34. The van der Waals surface area contributed by atoms with Gasteiger partial charge in [-0.1, -0.05) is 0 Å². The molecule has 9 nitrogen and oxygen atoms in total. The fourth-order valence-electron chi connectivity index (χ4n) is 3.67. The summed E-state index contributed by atoms with van der Waals surface area (Å²) in [7, 11) is -3.18. The Labute approximate surface area is 146 Å². The van der Waals surface area contributed by atoms with Gasteiger partial charge in [-0.25, -0.2) is 18.1 Å². The van der Waals surface area contributed by atoms with Crippen molar-refractivity contribution in [2.45, 2.75) is 20.0 Å². The van der Waals surface area contributed by atoms with E-state index in [1.54, 1.807) is 11.4 Å². The molecule has 3 atom stereocenters. The minimum absolute atomic E-state index is 0.0986. The second kappa shape index (κ2) is 6.19. The third-order valence-electron chi connectivity index (χ3n) is 5.07. The Morgan fingerprint density at radius 1 is 1.40 bits per heavy atom. The van der Waals surface area contributed by atoms with Crippen LogP contribution in [0.3, 0.4) is 0 Å². The maximum Gasteiger partial charge on any atom is 0.254 e. The lowest BCUT2D eigenvalue weighted by molar-refractivity contribution is 0.111. The van der Waals surface area contributed by atoms with Gasteiger partial charge in [0, 0.05) is 43.2 Å². The summed E-state index contributed by atoms with van der Waals surface area (Å²) in [6.07, 6.45) is 1.62. The Bertz CT molecular complexity index is 883. The Balaban J connectivity index is 1.52. The number of sulfonamides is 1. The van der Waals surface area contributed by atoms with Gasteiger partial charge in [-0.15, -0.1) is 0 Å². The highest BCUT2D eigenvalue weighted by molar-refractivity contribution is 7.89. The van der Waals surface area contributed by atoms with Gasteiger partial charge in [0.1, 0.15) is 12.1 Å². The number of hydrogen-bond acceptors (Lipinski definition) is 7. The number of hydrogen-bond donors (Lipinski definition) is 1. The van der Waals surface area contributed by atoms with Crippen molar-refractivity contribution in [3.8, 4) is 0 Å². The molecule has 2 saturated heterocycles. The van der Waals surface area contributed by atoms with Gasteiger partial charge in [0.25, 0.3) is 5.78 Å². The topological polar surface area (TPSA) is 102 Å². The predicted octanol–water partition coefficient (Wildman–Crippen LogP) is -0.177. The molecule has 0 bridgehead atoms. The van der Waals surface area contributed by atoms with Gasteiger partial charge >= 0.3 is 0 Å². The quantitative estimate of drug-likeness (QED) is 0.783. The first-order chi connectivity index (χ1) is 12.0. The molecule has 0 unspecified atom stereocenters. The van der Waals surface area contributed by atoms with E-state index in [4.69, 9.17) is 4.74 Å². The average Bonchev–Trinajstić information content (AvgIpc) is 3.27. The largest absolute Gasteiger partial charge is 0.376 e. The Kier molecular flexibility index (Phi) is 4.13. The first-order valence-electron chi connectivity index (χ1n) is 8.48. The number of ether oxygens (including phenoxy) is 1. The van der Waals surface area contributed by atoms with Gasteiger partial charge in [0.2, 0.25) is 10.0 Å². The number of anilines is 1. The summed E-state index contributed by atoms with van der Waals surface area (Å²) in [4.78, 5) is 10.8. The molecule has 0 aromatic carbocycles. The van der Waals surface area contributed by atoms with Gasteiger partial charge in [-0.05, 0) is 13.8 Å². The van der Waals surface area contributed by atoms with Crippen molar-refractivity contribution < 1.29 is 13.2 Å². The molecule has 2 aromatic heterocycles. The Hall–Kier alpha value is -1.78. The van der Waals surface area contributed by atoms with Crippen LogP contribution in [0.1, 0.15) is 12.6 Å². The van der Waals surface area contributed by atoms with Crippen LogP contribution in [0, 0.1) is 18.8 Å². The summed E-state index contributed by atoms with van der Waals surface area (Å²) in [6.45, 7) is 6.18. The summed E-state index contributed by atoms with van der Waals surface area (Å²) in [5.41, 5.74) is 0.890. The van der Waals surface area contributed by atoms with E-state index in [1.807, 2.05) is 13.0 Å². The van der Waals surface area contributed by atoms with Gasteiger partial charge in [-0.2, -0.15) is 14.6 Å². The zero-order valence-electron chi connectivity index (χ0n) is 14.3. The summed E-state index contributed by atoms with van der Waals surface area (Å²) < 4.78 is 33.8. The van der Waals surface area contributed by atoms with Crippen LogP contribution in [-0.2, 0) is 14.8 Å². The molecule has 4 rings (SSSR count). The standard InChI is InChI=1S/C15H22N6O3S/c1-3-25(22,23)18-5-11-8-24-13-7-20(6-12(11)13)14-4-10(2)19-15-16-9-17-21(14)15/h4,9,11-13,18H,3,5-8H2,1-2H3/t11-,12-,13-/m0/s1. The maximum atomic E-state index is 11.7. The maximum absolute atomic E-state index is 11.7. The van der Waals surface area contributed by atoms with Crippen LogP contribution in [0.25, 0.3) is 5.78 Å². The molecule has 136 valence electrons. The molecule has 2 fully saturated rings. The molecule has 1 N–H and O–H groups in total. The van der Waals surface area contributed by atoms with E-state index in [2.05, 4.69) is 24.7 Å². The number of fused-ring (bicyclic) bond motifs is 2. The average molecular weight is 366 g/mol. The van der Waals surface area contributed by atoms with Crippen LogP contribution in [0.2, 0.25) is 0 Å². The summed E-state index contributed by atoms with van der Waals surface area (Å²) >= 11 is 0. The molecule has 2 aliphatic heterocycles. The smallest absolute Gasteiger partial charge is 0.254 e. The van der Waals surface area contributed by atoms with Crippen LogP contribution in [0.4, 0.5) is 5.82 Å². The van der Waals surface area contributed by atoms with Gasteiger partial charge in [-0.3, -0.25) is 0 Å². The summed E-state index contributed by atoms with van der Waals surface area (Å²) in [6, 6.07) is 2.00. The fraction of sp³-hybridized carbons (Fsp3) is 0.667. The molecular formula is C15H22N6O3S. The molecule has 10 heteroatoms. The van der Waals surface area contributed by atoms with Crippen LogP contribution >= 0.6 is 0 Å². The van der Waals surface area contributed by atoms with E-state index in [0.29, 0.717) is 24.8 Å². The van der Waals surface area contributed by atoms with Crippen molar-refractivity contribution in [2.24, 2.45) is 11.8 Å². The monoisotopic (exact) mass is 366 g/mol. The lowest BCUT2D eigenvalue weighted by atomic mass is 9.93. The molecule has 2 aromatic rings. The third kappa shape index (κ3) is 3.09. The molecule has 0 radical (unpaired) electrons. The molecule has 4 heterocycles. The van der Waals surface area contributed by atoms with Crippen LogP contribution < -0.4 is 9.62 Å². The molecule has 0 amide bonds. The van der Waals surface area contributed by atoms with Crippen LogP contribution in [-0.4, -0.2) is 66.1 Å². The van der Waals surface area contributed by atoms with Crippen molar-refractivity contribution in [1.29, 1.82) is 0 Å². The lowest BCUT2D eigenvalue weighted by Gasteiger charge is -2.22. The van der Waals surface area contributed by atoms with E-state index in [9.17, 15) is 8.42 Å². The van der Waals surface area contributed by atoms with Crippen LogP contribution in [0.5, 0.6) is 0 Å². The highest BCUT2D eigenvalue weighted by atomic mass is 32.2. The van der Waals surface area contributed by atoms with Crippen molar-refractivity contribution >= 4 is 21.6 Å². The van der Waals surface area contributed by atoms with E-state index in [1.165, 1.54) is 6.33 Å². The zero-order valence-corrected chi connectivity index (χ0v) is 15.1. The molecule has 0 saturated carbocycles. The highest BCUT2D eigenvalue weighted by Crippen LogP contribution is 2.35. The van der Waals surface area contributed by atoms with Gasteiger partial charge in [0.15, 0.2) is 0 Å². The van der Waals surface area contributed by atoms with Gasteiger partial charge in [0.05, 0.1) is 18.5 Å². The van der Waals surface area contributed by atoms with E-state index < -0.39 is 10.0 Å². The highest BCUT2D eigenvalue weighted by Gasteiger charge is 2.44. The third-order valence-corrected chi connectivity index (χ3v) is 6.44. The minimum atomic E-state index is -3.18. The molecular weight excluding hydrogens is 344 g/mol. The van der Waals surface area contributed by atoms with E-state index in [0.717, 1.165) is 24.6 Å². The second-order valence-electron chi connectivity index (χ2n) is 6.68. The van der Waals surface area contributed by atoms with Crippen molar-refractivity contribution in [3.05, 3.63) is 18.1 Å². The molecule has 25 heavy (non-hydrogen) atoms.